The van der Waals surface area contributed by atoms with E-state index in [0.29, 0.717) is 28.2 Å². The standard InChI is InChI=1S/C18H21F2N5OS2/c1-11(2)3-8-15-22-13(9-27-15)10-28-18-24-23-16(25(18)21)12-4-6-14(7-5-12)26-17(19)20/h4-7,9,11,17H,3,8,10,21H2,1-2H3. The number of aromatic nitrogens is 4. The zero-order valence-electron chi connectivity index (χ0n) is 15.5. The summed E-state index contributed by atoms with van der Waals surface area (Å²) in [5.74, 6) is 7.94. The smallest absolute Gasteiger partial charge is 0.387 e. The van der Waals surface area contributed by atoms with Crippen molar-refractivity contribution in [2.24, 2.45) is 5.92 Å². The first kappa shape index (κ1) is 20.5. The number of thioether (sulfide) groups is 1. The number of thiazole rings is 1. The van der Waals surface area contributed by atoms with Crippen molar-refractivity contribution in [1.29, 1.82) is 0 Å². The molecule has 0 bridgehead atoms. The van der Waals surface area contributed by atoms with E-state index in [1.165, 1.54) is 28.6 Å². The first-order chi connectivity index (χ1) is 13.4. The molecule has 0 radical (unpaired) electrons. The monoisotopic (exact) mass is 425 g/mol. The summed E-state index contributed by atoms with van der Waals surface area (Å²) in [6, 6.07) is 6.11. The average Bonchev–Trinajstić information content (AvgIpc) is 3.25. The molecule has 0 fully saturated rings. The Morgan fingerprint density at radius 3 is 2.64 bits per heavy atom. The van der Waals surface area contributed by atoms with Gasteiger partial charge in [0.25, 0.3) is 0 Å². The molecular formula is C18H21F2N5OS2. The summed E-state index contributed by atoms with van der Waals surface area (Å²) in [7, 11) is 0. The Labute approximate surface area is 170 Å². The van der Waals surface area contributed by atoms with Crippen LogP contribution in [0.5, 0.6) is 5.75 Å². The van der Waals surface area contributed by atoms with Gasteiger partial charge in [-0.2, -0.15) is 8.78 Å². The quantitative estimate of drug-likeness (QED) is 0.399. The van der Waals surface area contributed by atoms with Crippen molar-refractivity contribution >= 4 is 23.1 Å². The predicted molar refractivity (Wildman–Crippen MR) is 107 cm³/mol. The molecular weight excluding hydrogens is 404 g/mol. The lowest BCUT2D eigenvalue weighted by molar-refractivity contribution is -0.0498. The maximum absolute atomic E-state index is 12.2. The van der Waals surface area contributed by atoms with Crippen LogP contribution in [0.3, 0.4) is 0 Å². The fourth-order valence-corrected chi connectivity index (χ4v) is 4.11. The minimum atomic E-state index is -2.86. The lowest BCUT2D eigenvalue weighted by atomic mass is 10.1. The Kier molecular flexibility index (Phi) is 6.84. The summed E-state index contributed by atoms with van der Waals surface area (Å²) in [4.78, 5) is 4.65. The van der Waals surface area contributed by atoms with Gasteiger partial charge in [-0.25, -0.2) is 9.66 Å². The Morgan fingerprint density at radius 1 is 1.21 bits per heavy atom. The molecule has 0 aliphatic carbocycles. The summed E-state index contributed by atoms with van der Waals surface area (Å²) in [5.41, 5.74) is 1.65. The average molecular weight is 426 g/mol. The van der Waals surface area contributed by atoms with E-state index in [0.717, 1.165) is 23.5 Å². The van der Waals surface area contributed by atoms with E-state index in [2.05, 4.69) is 39.1 Å². The maximum atomic E-state index is 12.2. The predicted octanol–water partition coefficient (Wildman–Crippen LogP) is 4.60. The molecule has 0 unspecified atom stereocenters. The molecule has 3 rings (SSSR count). The van der Waals surface area contributed by atoms with Gasteiger partial charge in [-0.15, -0.1) is 21.5 Å². The van der Waals surface area contributed by atoms with Gasteiger partial charge in [0.1, 0.15) is 5.75 Å². The number of halogens is 2. The number of alkyl halides is 2. The van der Waals surface area contributed by atoms with Crippen molar-refractivity contribution in [3.63, 3.8) is 0 Å². The van der Waals surface area contributed by atoms with Crippen LogP contribution in [-0.4, -0.2) is 26.5 Å². The van der Waals surface area contributed by atoms with Crippen molar-refractivity contribution < 1.29 is 13.5 Å². The third-order valence-corrected chi connectivity index (χ3v) is 5.82. The molecule has 0 saturated carbocycles. The highest BCUT2D eigenvalue weighted by molar-refractivity contribution is 7.98. The summed E-state index contributed by atoms with van der Waals surface area (Å²) >= 11 is 3.12. The molecule has 150 valence electrons. The molecule has 28 heavy (non-hydrogen) atoms. The van der Waals surface area contributed by atoms with Crippen LogP contribution < -0.4 is 10.6 Å². The Morgan fingerprint density at radius 2 is 1.96 bits per heavy atom. The summed E-state index contributed by atoms with van der Waals surface area (Å²) < 4.78 is 30.2. The molecule has 6 nitrogen and oxygen atoms in total. The highest BCUT2D eigenvalue weighted by Crippen LogP contribution is 2.26. The zero-order valence-corrected chi connectivity index (χ0v) is 17.1. The molecule has 0 aliphatic heterocycles. The van der Waals surface area contributed by atoms with E-state index in [4.69, 9.17) is 5.84 Å². The third-order valence-electron chi connectivity index (χ3n) is 3.89. The molecule has 10 heteroatoms. The second-order valence-electron chi connectivity index (χ2n) is 6.53. The van der Waals surface area contributed by atoms with Crippen LogP contribution in [-0.2, 0) is 12.2 Å². The number of nitrogen functional groups attached to an aromatic ring is 1. The zero-order chi connectivity index (χ0) is 20.1. The SMILES string of the molecule is CC(C)CCc1nc(CSc2nnc(-c3ccc(OC(F)F)cc3)n2N)cs1. The lowest BCUT2D eigenvalue weighted by Crippen LogP contribution is -2.11. The van der Waals surface area contributed by atoms with E-state index in [1.807, 2.05) is 0 Å². The molecule has 2 N–H and O–H groups in total. The van der Waals surface area contributed by atoms with Crippen molar-refractivity contribution in [3.8, 4) is 17.1 Å². The Hall–Kier alpha value is -2.20. The number of benzene rings is 1. The number of ether oxygens (including phenoxy) is 1. The van der Waals surface area contributed by atoms with Crippen LogP contribution >= 0.6 is 23.1 Å². The Bertz CT molecular complexity index is 896. The third kappa shape index (κ3) is 5.41. The highest BCUT2D eigenvalue weighted by Gasteiger charge is 2.14. The van der Waals surface area contributed by atoms with Gasteiger partial charge in [0.2, 0.25) is 5.16 Å². The van der Waals surface area contributed by atoms with Gasteiger partial charge < -0.3 is 10.6 Å². The van der Waals surface area contributed by atoms with Crippen LogP contribution in [0.15, 0.2) is 34.8 Å². The fraction of sp³-hybridized carbons (Fsp3) is 0.389. The highest BCUT2D eigenvalue weighted by atomic mass is 32.2. The van der Waals surface area contributed by atoms with Gasteiger partial charge in [0.05, 0.1) is 10.7 Å². The fourth-order valence-electron chi connectivity index (χ4n) is 2.44. The van der Waals surface area contributed by atoms with E-state index in [1.54, 1.807) is 23.5 Å². The van der Waals surface area contributed by atoms with Crippen molar-refractivity contribution in [2.75, 3.05) is 5.84 Å². The van der Waals surface area contributed by atoms with Gasteiger partial charge in [0.15, 0.2) is 5.82 Å². The number of rotatable bonds is 9. The first-order valence-corrected chi connectivity index (χ1v) is 10.6. The van der Waals surface area contributed by atoms with E-state index >= 15 is 0 Å². The topological polar surface area (TPSA) is 78.9 Å². The molecule has 0 aliphatic rings. The second-order valence-corrected chi connectivity index (χ2v) is 8.42. The van der Waals surface area contributed by atoms with Gasteiger partial charge >= 0.3 is 6.61 Å². The second kappa shape index (κ2) is 9.33. The number of nitrogens with zero attached hydrogens (tertiary/aromatic N) is 4. The van der Waals surface area contributed by atoms with Crippen LogP contribution in [0, 0.1) is 5.92 Å². The Balaban J connectivity index is 1.62. The summed E-state index contributed by atoms with van der Waals surface area (Å²) in [6.07, 6.45) is 2.12. The van der Waals surface area contributed by atoms with Crippen LogP contribution in [0.2, 0.25) is 0 Å². The lowest BCUT2D eigenvalue weighted by Gasteiger charge is -2.06. The molecule has 0 amide bonds. The first-order valence-electron chi connectivity index (χ1n) is 8.74. The van der Waals surface area contributed by atoms with Crippen molar-refractivity contribution in [2.45, 2.75) is 44.2 Å². The number of hydrogen-bond acceptors (Lipinski definition) is 7. The minimum Gasteiger partial charge on any atom is -0.435 e. The van der Waals surface area contributed by atoms with Crippen molar-refractivity contribution in [1.82, 2.24) is 19.9 Å². The van der Waals surface area contributed by atoms with Crippen LogP contribution in [0.25, 0.3) is 11.4 Å². The number of nitrogens with two attached hydrogens (primary N) is 1. The van der Waals surface area contributed by atoms with Crippen LogP contribution in [0.4, 0.5) is 8.78 Å². The number of aryl methyl sites for hydroxylation is 1. The summed E-state index contributed by atoms with van der Waals surface area (Å²) in [5, 5.41) is 12.0. The summed E-state index contributed by atoms with van der Waals surface area (Å²) in [6.45, 7) is 1.55. The molecule has 0 spiro atoms. The molecule has 0 atom stereocenters. The van der Waals surface area contributed by atoms with Crippen molar-refractivity contribution in [3.05, 3.63) is 40.3 Å². The van der Waals surface area contributed by atoms with Gasteiger partial charge in [-0.1, -0.05) is 25.6 Å². The van der Waals surface area contributed by atoms with E-state index in [9.17, 15) is 8.78 Å². The van der Waals surface area contributed by atoms with Crippen LogP contribution in [0.1, 0.15) is 31.0 Å². The number of hydrogen-bond donors (Lipinski definition) is 1. The molecule has 2 heterocycles. The van der Waals surface area contributed by atoms with Gasteiger partial charge in [-0.3, -0.25) is 0 Å². The molecule has 2 aromatic heterocycles. The molecule has 1 aromatic carbocycles. The molecule has 0 saturated heterocycles. The molecule has 3 aromatic rings. The van der Waals surface area contributed by atoms with Gasteiger partial charge in [-0.05, 0) is 43.0 Å². The van der Waals surface area contributed by atoms with Gasteiger partial charge in [0, 0.05) is 16.7 Å². The van der Waals surface area contributed by atoms with E-state index < -0.39 is 6.61 Å². The maximum Gasteiger partial charge on any atom is 0.387 e. The minimum absolute atomic E-state index is 0.0771. The normalized spacial score (nSPS) is 11.5. The largest absolute Gasteiger partial charge is 0.435 e. The van der Waals surface area contributed by atoms with E-state index in [-0.39, 0.29) is 5.75 Å².